The highest BCUT2D eigenvalue weighted by Gasteiger charge is 2.30. The summed E-state index contributed by atoms with van der Waals surface area (Å²) < 4.78 is 10.7. The van der Waals surface area contributed by atoms with Crippen LogP contribution in [0.15, 0.2) is 48.8 Å². The fourth-order valence-electron chi connectivity index (χ4n) is 6.74. The number of aromatic nitrogens is 2. The first-order valence-corrected chi connectivity index (χ1v) is 20.6. The number of halogens is 3. The number of ether oxygens (including phenoxy) is 2. The van der Waals surface area contributed by atoms with Crippen LogP contribution in [0.5, 0.6) is 5.75 Å². The van der Waals surface area contributed by atoms with Gasteiger partial charge in [0.15, 0.2) is 0 Å². The summed E-state index contributed by atoms with van der Waals surface area (Å²) in [6.07, 6.45) is 8.34. The van der Waals surface area contributed by atoms with Crippen molar-refractivity contribution >= 4 is 58.1 Å². The van der Waals surface area contributed by atoms with E-state index in [9.17, 15) is 4.79 Å². The first-order valence-electron chi connectivity index (χ1n) is 19.5. The number of amides is 1. The summed E-state index contributed by atoms with van der Waals surface area (Å²) in [5.74, 6) is 3.70. The molecule has 3 aromatic rings. The van der Waals surface area contributed by atoms with Crippen LogP contribution in [-0.2, 0) is 11.3 Å². The van der Waals surface area contributed by atoms with Crippen molar-refractivity contribution in [1.29, 1.82) is 0 Å². The Morgan fingerprint density at radius 1 is 0.911 bits per heavy atom. The zero-order chi connectivity index (χ0) is 39.7. The van der Waals surface area contributed by atoms with Gasteiger partial charge in [-0.15, -0.1) is 0 Å². The third kappa shape index (κ3) is 14.7. The number of carbonyl (C=O) groups excluding carboxylic acids is 1. The molecule has 3 N–H and O–H groups in total. The Balaban J connectivity index is 0.000000197. The highest BCUT2D eigenvalue weighted by molar-refractivity contribution is 6.35. The first kappa shape index (κ1) is 45.6. The Kier molecular flexibility index (Phi) is 17.2. The number of pyridine rings is 2. The molecule has 4 fully saturated rings. The second-order valence-corrected chi connectivity index (χ2v) is 17.4. The molecule has 1 aromatic carbocycles. The first-order chi connectivity index (χ1) is 26.2. The zero-order valence-electron chi connectivity index (χ0n) is 33.2. The van der Waals surface area contributed by atoms with Crippen LogP contribution < -0.4 is 25.6 Å². The van der Waals surface area contributed by atoms with Crippen LogP contribution in [0.4, 0.5) is 22.0 Å². The minimum atomic E-state index is -0.640. The maximum absolute atomic E-state index is 12.7. The number of hydrogen-bond acceptors (Lipinski definition) is 10. The average molecular weight is 834 g/mol. The molecule has 0 radical (unpaired) electrons. The summed E-state index contributed by atoms with van der Waals surface area (Å²) >= 11 is 18.1. The lowest BCUT2D eigenvalue weighted by atomic mass is 10.1. The number of nitrogens with one attached hydrogen (secondary N) is 1. The standard InChI is InChI=1S/C18H20Cl2N2O3.C14H21ClN4.C9H18N2.CH4/c1-18(2,3)25-17(23)22(15-9-16(20)21-10-14(15)19)11-12-5-7-13(24-4)8-6-12;1-10-8-18(9-11-2-3-11)4-5-19(10)14-6-13(16)12(15)7-17-14;1-8-6-11(5-4-10-8)7-9-2-3-9;/h5-10H,11H2,1-4H3;6-7,10-11H,2-5,8-9H2,1H3,(H2,16,17);8-10H,2-7H2,1H3;1H4/t;10-;8-;/m.00./s1. The molecule has 7 rings (SSSR count). The van der Waals surface area contributed by atoms with E-state index < -0.39 is 11.7 Å². The third-order valence-electron chi connectivity index (χ3n) is 9.96. The summed E-state index contributed by atoms with van der Waals surface area (Å²) in [6.45, 7) is 19.8. The van der Waals surface area contributed by atoms with E-state index in [1.54, 1.807) is 34.1 Å². The van der Waals surface area contributed by atoms with Crippen LogP contribution in [0.3, 0.4) is 0 Å². The number of methoxy groups -OCH3 is 1. The monoisotopic (exact) mass is 832 g/mol. The number of piperazine rings is 2. The maximum atomic E-state index is 12.7. The molecule has 0 unspecified atom stereocenters. The Hall–Kier alpha value is -3.06. The molecule has 0 bridgehead atoms. The summed E-state index contributed by atoms with van der Waals surface area (Å²) in [5, 5.41) is 4.54. The molecule has 56 heavy (non-hydrogen) atoms. The van der Waals surface area contributed by atoms with Gasteiger partial charge in [0, 0.05) is 89.0 Å². The normalized spacial score (nSPS) is 20.1. The van der Waals surface area contributed by atoms with E-state index in [-0.39, 0.29) is 19.1 Å². The minimum absolute atomic E-state index is 0. The summed E-state index contributed by atoms with van der Waals surface area (Å²) in [5.41, 5.74) is 7.16. The van der Waals surface area contributed by atoms with Gasteiger partial charge < -0.3 is 30.3 Å². The van der Waals surface area contributed by atoms with E-state index in [2.05, 4.69) is 43.8 Å². The molecule has 310 valence electrons. The molecule has 4 aliphatic rings. The fourth-order valence-corrected chi connectivity index (χ4v) is 7.20. The molecular weight excluding hydrogens is 771 g/mol. The zero-order valence-corrected chi connectivity index (χ0v) is 35.5. The van der Waals surface area contributed by atoms with Crippen LogP contribution in [0.1, 0.15) is 73.3 Å². The molecule has 2 aliphatic carbocycles. The number of rotatable bonds is 9. The van der Waals surface area contributed by atoms with Gasteiger partial charge in [-0.1, -0.05) is 54.4 Å². The van der Waals surface area contributed by atoms with Crippen LogP contribution in [-0.4, -0.2) is 103 Å². The Labute approximate surface area is 350 Å². The smallest absolute Gasteiger partial charge is 0.415 e. The largest absolute Gasteiger partial charge is 0.497 e. The van der Waals surface area contributed by atoms with Crippen molar-refractivity contribution in [1.82, 2.24) is 25.1 Å². The van der Waals surface area contributed by atoms with Crippen molar-refractivity contribution in [2.24, 2.45) is 11.8 Å². The molecule has 2 atom stereocenters. The summed E-state index contributed by atoms with van der Waals surface area (Å²) in [6, 6.07) is 12.0. The summed E-state index contributed by atoms with van der Waals surface area (Å²) in [7, 11) is 1.60. The van der Waals surface area contributed by atoms with Gasteiger partial charge in [0.1, 0.15) is 22.3 Å². The van der Waals surface area contributed by atoms with Gasteiger partial charge in [0.25, 0.3) is 0 Å². The minimum Gasteiger partial charge on any atom is -0.497 e. The van der Waals surface area contributed by atoms with Gasteiger partial charge in [-0.05, 0) is 89.8 Å². The molecule has 2 saturated carbocycles. The van der Waals surface area contributed by atoms with Gasteiger partial charge in [0.05, 0.1) is 35.1 Å². The number of nitrogens with two attached hydrogens (primary N) is 1. The predicted octanol–water partition coefficient (Wildman–Crippen LogP) is 8.90. The molecular formula is C42H63Cl3N8O3. The molecule has 2 aromatic heterocycles. The highest BCUT2D eigenvalue weighted by atomic mass is 35.5. The number of nitrogens with zero attached hydrogens (tertiary/aromatic N) is 6. The quantitative estimate of drug-likeness (QED) is 0.203. The number of anilines is 3. The maximum Gasteiger partial charge on any atom is 0.415 e. The van der Waals surface area contributed by atoms with E-state index in [0.29, 0.717) is 33.5 Å². The number of nitrogen functional groups attached to an aromatic ring is 1. The Morgan fingerprint density at radius 2 is 1.54 bits per heavy atom. The summed E-state index contributed by atoms with van der Waals surface area (Å²) in [4.78, 5) is 30.0. The van der Waals surface area contributed by atoms with Crippen LogP contribution in [0.25, 0.3) is 0 Å². The molecule has 0 spiro atoms. The lowest BCUT2D eigenvalue weighted by molar-refractivity contribution is 0.0577. The van der Waals surface area contributed by atoms with Crippen LogP contribution in [0, 0.1) is 11.8 Å². The van der Waals surface area contributed by atoms with E-state index in [1.807, 2.05) is 30.3 Å². The van der Waals surface area contributed by atoms with Crippen molar-refractivity contribution in [2.45, 2.75) is 92.0 Å². The second kappa shape index (κ2) is 21.1. The second-order valence-electron chi connectivity index (χ2n) is 16.2. The van der Waals surface area contributed by atoms with Gasteiger partial charge >= 0.3 is 6.09 Å². The fraction of sp³-hybridized carbons (Fsp3) is 0.595. The lowest BCUT2D eigenvalue weighted by Crippen LogP contribution is -2.52. The van der Waals surface area contributed by atoms with Gasteiger partial charge in [-0.25, -0.2) is 14.8 Å². The van der Waals surface area contributed by atoms with Gasteiger partial charge in [-0.2, -0.15) is 0 Å². The van der Waals surface area contributed by atoms with Crippen molar-refractivity contribution in [3.63, 3.8) is 0 Å². The average Bonchev–Trinajstić information content (AvgIpc) is 4.08. The third-order valence-corrected chi connectivity index (χ3v) is 10.8. The Morgan fingerprint density at radius 3 is 2.09 bits per heavy atom. The van der Waals surface area contributed by atoms with Crippen molar-refractivity contribution < 1.29 is 14.3 Å². The van der Waals surface area contributed by atoms with Gasteiger partial charge in [-0.3, -0.25) is 9.80 Å². The molecule has 2 aliphatic heterocycles. The van der Waals surface area contributed by atoms with Gasteiger partial charge in [0.2, 0.25) is 0 Å². The molecule has 2 saturated heterocycles. The predicted molar refractivity (Wildman–Crippen MR) is 233 cm³/mol. The SMILES string of the molecule is C.COc1ccc(CN(C(=O)OC(C)(C)C)c2cc(Cl)ncc2Cl)cc1.C[C@H]1CN(CC2CC2)CCN1.C[C@H]1CN(CC2CC2)CCN1c1cc(N)c(Cl)cn1. The topological polar surface area (TPSA) is 112 Å². The number of benzene rings is 1. The Bertz CT molecular complexity index is 1680. The van der Waals surface area contributed by atoms with Crippen molar-refractivity contribution in [3.05, 3.63) is 69.6 Å². The molecule has 14 heteroatoms. The lowest BCUT2D eigenvalue weighted by Gasteiger charge is -2.40. The number of hydrogen-bond donors (Lipinski definition) is 2. The molecule has 4 heterocycles. The van der Waals surface area contributed by atoms with Crippen molar-refractivity contribution in [2.75, 3.05) is 75.0 Å². The van der Waals surface area contributed by atoms with Crippen molar-refractivity contribution in [3.8, 4) is 5.75 Å². The van der Waals surface area contributed by atoms with E-state index in [4.69, 9.17) is 50.0 Å². The van der Waals surface area contributed by atoms with E-state index in [1.165, 1.54) is 75.6 Å². The highest BCUT2D eigenvalue weighted by Crippen LogP contribution is 2.33. The number of carbonyl (C=O) groups is 1. The van der Waals surface area contributed by atoms with E-state index >= 15 is 0 Å². The molecule has 1 amide bonds. The molecule has 11 nitrogen and oxygen atoms in total. The van der Waals surface area contributed by atoms with E-state index in [0.717, 1.165) is 48.6 Å². The van der Waals surface area contributed by atoms with Crippen LogP contribution in [0.2, 0.25) is 15.2 Å². The van der Waals surface area contributed by atoms with Crippen LogP contribution >= 0.6 is 34.8 Å².